The average Bonchev–Trinajstić information content (AvgIpc) is 3.06. The molecule has 3 nitrogen and oxygen atoms in total. The molecule has 0 spiro atoms. The van der Waals surface area contributed by atoms with E-state index in [1.165, 1.54) is 48.9 Å². The molecule has 0 amide bonds. The van der Waals surface area contributed by atoms with E-state index in [4.69, 9.17) is 0 Å². The number of nitrogens with one attached hydrogen (secondary N) is 1. The van der Waals surface area contributed by atoms with Gasteiger partial charge in [-0.3, -0.25) is 0 Å². The van der Waals surface area contributed by atoms with Crippen molar-refractivity contribution in [3.8, 4) is 0 Å². The molecular formula is C20H27N3. The number of hydrogen-bond donors (Lipinski definition) is 1. The molecule has 1 unspecified atom stereocenters. The van der Waals surface area contributed by atoms with E-state index in [0.717, 1.165) is 0 Å². The van der Waals surface area contributed by atoms with Crippen LogP contribution in [0.2, 0.25) is 0 Å². The van der Waals surface area contributed by atoms with Crippen LogP contribution >= 0.6 is 0 Å². The lowest BCUT2D eigenvalue weighted by atomic mass is 9.93. The molecule has 1 atom stereocenters. The molecule has 122 valence electrons. The largest absolute Gasteiger partial charge is 0.380 e. The van der Waals surface area contributed by atoms with E-state index < -0.39 is 0 Å². The first-order valence-electron chi connectivity index (χ1n) is 8.69. The molecule has 3 rings (SSSR count). The maximum atomic E-state index is 4.54. The number of hydrogen-bond acceptors (Lipinski definition) is 3. The van der Waals surface area contributed by atoms with Crippen LogP contribution in [-0.4, -0.2) is 31.3 Å². The summed E-state index contributed by atoms with van der Waals surface area (Å²) in [6.07, 6.45) is 15.1. The normalized spacial score (nSPS) is 21.7. The first-order valence-corrected chi connectivity index (χ1v) is 8.69. The third-order valence-electron chi connectivity index (χ3n) is 4.80. The van der Waals surface area contributed by atoms with E-state index in [0.29, 0.717) is 12.0 Å². The first-order chi connectivity index (χ1) is 11.3. The van der Waals surface area contributed by atoms with Gasteiger partial charge in [0.1, 0.15) is 0 Å². The highest BCUT2D eigenvalue weighted by molar-refractivity contribution is 5.82. The fraction of sp³-hybridized carbons (Fsp3) is 0.450. The van der Waals surface area contributed by atoms with E-state index in [1.807, 2.05) is 6.21 Å². The number of likely N-dealkylation sites (N-methyl/N-ethyl adjacent to an activating group) is 1. The molecule has 0 aliphatic heterocycles. The van der Waals surface area contributed by atoms with Crippen LogP contribution in [0.25, 0.3) is 0 Å². The van der Waals surface area contributed by atoms with Crippen LogP contribution in [0.4, 0.5) is 0 Å². The smallest absolute Gasteiger partial charge is 0.0543 e. The predicted octanol–water partition coefficient (Wildman–Crippen LogP) is 4.04. The molecule has 1 aromatic rings. The highest BCUT2D eigenvalue weighted by Gasteiger charge is 2.20. The summed E-state index contributed by atoms with van der Waals surface area (Å²) >= 11 is 0. The Hall–Kier alpha value is -2.03. The van der Waals surface area contributed by atoms with E-state index >= 15 is 0 Å². The highest BCUT2D eigenvalue weighted by Crippen LogP contribution is 2.32. The van der Waals surface area contributed by atoms with Gasteiger partial charge in [-0.2, -0.15) is 5.10 Å². The van der Waals surface area contributed by atoms with Gasteiger partial charge in [0.05, 0.1) is 6.21 Å². The molecule has 2 aliphatic carbocycles. The molecule has 1 fully saturated rings. The monoisotopic (exact) mass is 309 g/mol. The zero-order valence-electron chi connectivity index (χ0n) is 14.2. The summed E-state index contributed by atoms with van der Waals surface area (Å²) in [6, 6.07) is 9.11. The van der Waals surface area contributed by atoms with Crippen LogP contribution in [0, 0.1) is 0 Å². The van der Waals surface area contributed by atoms with Crippen molar-refractivity contribution in [1.29, 1.82) is 0 Å². The zero-order chi connectivity index (χ0) is 16.1. The van der Waals surface area contributed by atoms with Crippen molar-refractivity contribution >= 4 is 6.21 Å². The lowest BCUT2D eigenvalue weighted by molar-refractivity contribution is 0.381. The van der Waals surface area contributed by atoms with Crippen LogP contribution in [0.3, 0.4) is 0 Å². The van der Waals surface area contributed by atoms with Gasteiger partial charge in [-0.15, -0.1) is 0 Å². The molecule has 1 aromatic carbocycles. The lowest BCUT2D eigenvalue weighted by Crippen LogP contribution is -2.26. The Balaban J connectivity index is 1.73. The maximum Gasteiger partial charge on any atom is 0.0543 e. The Morgan fingerprint density at radius 3 is 2.70 bits per heavy atom. The fourth-order valence-electron chi connectivity index (χ4n) is 3.51. The van der Waals surface area contributed by atoms with Gasteiger partial charge >= 0.3 is 0 Å². The Labute approximate surface area is 139 Å². The van der Waals surface area contributed by atoms with Crippen LogP contribution in [-0.2, 0) is 0 Å². The second-order valence-corrected chi connectivity index (χ2v) is 6.70. The lowest BCUT2D eigenvalue weighted by Gasteiger charge is -2.23. The summed E-state index contributed by atoms with van der Waals surface area (Å²) in [7, 11) is 4.21. The van der Waals surface area contributed by atoms with Crippen molar-refractivity contribution in [1.82, 2.24) is 10.3 Å². The van der Waals surface area contributed by atoms with Gasteiger partial charge in [-0.1, -0.05) is 55.7 Å². The molecule has 1 saturated carbocycles. The van der Waals surface area contributed by atoms with Crippen LogP contribution in [0.1, 0.15) is 49.1 Å². The molecule has 0 radical (unpaired) electrons. The number of nitrogens with zero attached hydrogens (tertiary/aromatic N) is 2. The Kier molecular flexibility index (Phi) is 5.16. The number of hydrazone groups is 1. The third kappa shape index (κ3) is 3.84. The predicted molar refractivity (Wildman–Crippen MR) is 97.7 cm³/mol. The molecular weight excluding hydrogens is 282 g/mol. The maximum absolute atomic E-state index is 4.54. The van der Waals surface area contributed by atoms with Crippen LogP contribution in [0.5, 0.6) is 0 Å². The Morgan fingerprint density at radius 2 is 1.91 bits per heavy atom. The van der Waals surface area contributed by atoms with E-state index in [1.54, 1.807) is 0 Å². The highest BCUT2D eigenvalue weighted by atomic mass is 15.3. The van der Waals surface area contributed by atoms with E-state index in [2.05, 4.69) is 72.0 Å². The molecule has 0 heterocycles. The average molecular weight is 309 g/mol. The summed E-state index contributed by atoms with van der Waals surface area (Å²) in [5.41, 5.74) is 7.18. The SMILES string of the molecule is CN(C)C1=CC=CC1c1ccccc1C=NNC1CCCCC1. The number of benzene rings is 1. The molecule has 3 heteroatoms. The van der Waals surface area contributed by atoms with E-state index in [-0.39, 0.29) is 0 Å². The summed E-state index contributed by atoms with van der Waals surface area (Å²) in [5, 5.41) is 4.54. The summed E-state index contributed by atoms with van der Waals surface area (Å²) in [5.74, 6) is 0.322. The van der Waals surface area contributed by atoms with Gasteiger partial charge in [-0.05, 0) is 30.0 Å². The minimum absolute atomic E-state index is 0.322. The summed E-state index contributed by atoms with van der Waals surface area (Å²) < 4.78 is 0. The van der Waals surface area contributed by atoms with Gasteiger partial charge in [0, 0.05) is 31.8 Å². The standard InChI is InChI=1S/C20H27N3/c1-23(2)20-14-8-13-19(20)18-12-7-6-9-16(18)15-21-22-17-10-4-3-5-11-17/h6-9,12-15,17,19,22H,3-5,10-11H2,1-2H3. The van der Waals surface area contributed by atoms with Gasteiger partial charge in [0.2, 0.25) is 0 Å². The van der Waals surface area contributed by atoms with Crippen molar-refractivity contribution in [2.45, 2.75) is 44.1 Å². The third-order valence-corrected chi connectivity index (χ3v) is 4.80. The van der Waals surface area contributed by atoms with Crippen molar-refractivity contribution in [3.05, 3.63) is 59.3 Å². The minimum atomic E-state index is 0.322. The molecule has 1 N–H and O–H groups in total. The molecule has 0 aromatic heterocycles. The summed E-state index contributed by atoms with van der Waals surface area (Å²) in [4.78, 5) is 2.19. The topological polar surface area (TPSA) is 27.6 Å². The fourth-order valence-corrected chi connectivity index (χ4v) is 3.51. The van der Waals surface area contributed by atoms with Gasteiger partial charge in [0.25, 0.3) is 0 Å². The second kappa shape index (κ2) is 7.49. The van der Waals surface area contributed by atoms with Gasteiger partial charge < -0.3 is 10.3 Å². The number of rotatable bonds is 5. The van der Waals surface area contributed by atoms with Crippen molar-refractivity contribution in [3.63, 3.8) is 0 Å². The van der Waals surface area contributed by atoms with Crippen LogP contribution in [0.15, 0.2) is 53.3 Å². The number of allylic oxidation sites excluding steroid dienone is 3. The van der Waals surface area contributed by atoms with Gasteiger partial charge in [0.15, 0.2) is 0 Å². The Bertz CT molecular complexity index is 607. The molecule has 2 aliphatic rings. The van der Waals surface area contributed by atoms with Crippen molar-refractivity contribution in [2.75, 3.05) is 14.1 Å². The van der Waals surface area contributed by atoms with Gasteiger partial charge in [-0.25, -0.2) is 0 Å². The van der Waals surface area contributed by atoms with E-state index in [9.17, 15) is 0 Å². The minimum Gasteiger partial charge on any atom is -0.380 e. The van der Waals surface area contributed by atoms with Crippen LogP contribution < -0.4 is 5.43 Å². The first kappa shape index (κ1) is 15.9. The quantitative estimate of drug-likeness (QED) is 0.656. The molecule has 0 saturated heterocycles. The molecule has 0 bridgehead atoms. The summed E-state index contributed by atoms with van der Waals surface area (Å²) in [6.45, 7) is 0. The van der Waals surface area contributed by atoms with Crippen molar-refractivity contribution in [2.24, 2.45) is 5.10 Å². The zero-order valence-corrected chi connectivity index (χ0v) is 14.2. The van der Waals surface area contributed by atoms with Crippen molar-refractivity contribution < 1.29 is 0 Å². The molecule has 23 heavy (non-hydrogen) atoms. The second-order valence-electron chi connectivity index (χ2n) is 6.70. The Morgan fingerprint density at radius 1 is 1.13 bits per heavy atom.